The summed E-state index contributed by atoms with van der Waals surface area (Å²) in [6.07, 6.45) is 0.919. The van der Waals surface area contributed by atoms with E-state index in [-0.39, 0.29) is 18.4 Å². The fourth-order valence-corrected chi connectivity index (χ4v) is 3.10. The standard InChI is InChI=1S/C22H24N2O3/c1-2-27-22(26)19-16-24(21(25)15-17-9-5-3-6-10-17)14-13-20(19)23-18-11-7-4-8-12-18/h3-12,23H,2,13-16H2,1H3. The normalized spacial score (nSPS) is 14.0. The predicted octanol–water partition coefficient (Wildman–Crippen LogP) is 3.39. The minimum absolute atomic E-state index is 0.0155. The lowest BCUT2D eigenvalue weighted by Crippen LogP contribution is -2.41. The molecule has 1 aliphatic heterocycles. The van der Waals surface area contributed by atoms with Gasteiger partial charge in [0.25, 0.3) is 0 Å². The second-order valence-electron chi connectivity index (χ2n) is 6.40. The van der Waals surface area contributed by atoms with Gasteiger partial charge in [0.05, 0.1) is 25.1 Å². The predicted molar refractivity (Wildman–Crippen MR) is 105 cm³/mol. The highest BCUT2D eigenvalue weighted by Crippen LogP contribution is 2.22. The number of hydrogen-bond acceptors (Lipinski definition) is 4. The van der Waals surface area contributed by atoms with Gasteiger partial charge in [0.1, 0.15) is 0 Å². The fraction of sp³-hybridized carbons (Fsp3) is 0.273. The lowest BCUT2D eigenvalue weighted by atomic mass is 10.0. The molecule has 5 heteroatoms. The van der Waals surface area contributed by atoms with Gasteiger partial charge in [0.2, 0.25) is 5.91 Å². The Labute approximate surface area is 159 Å². The first kappa shape index (κ1) is 18.7. The van der Waals surface area contributed by atoms with Crippen molar-refractivity contribution in [1.82, 2.24) is 4.90 Å². The fourth-order valence-electron chi connectivity index (χ4n) is 3.10. The first-order valence-electron chi connectivity index (χ1n) is 9.20. The van der Waals surface area contributed by atoms with Crippen LogP contribution in [-0.4, -0.2) is 36.5 Å². The number of anilines is 1. The van der Waals surface area contributed by atoms with Gasteiger partial charge < -0.3 is 15.0 Å². The van der Waals surface area contributed by atoms with Gasteiger partial charge >= 0.3 is 5.97 Å². The monoisotopic (exact) mass is 364 g/mol. The molecule has 0 fully saturated rings. The van der Waals surface area contributed by atoms with Crippen LogP contribution < -0.4 is 5.32 Å². The molecule has 3 rings (SSSR count). The van der Waals surface area contributed by atoms with Crippen LogP contribution >= 0.6 is 0 Å². The van der Waals surface area contributed by atoms with Gasteiger partial charge in [0, 0.05) is 24.4 Å². The minimum Gasteiger partial charge on any atom is -0.463 e. The first-order chi connectivity index (χ1) is 13.2. The van der Waals surface area contributed by atoms with Gasteiger partial charge in [-0.25, -0.2) is 4.79 Å². The number of amides is 1. The first-order valence-corrected chi connectivity index (χ1v) is 9.20. The number of carbonyl (C=O) groups excluding carboxylic acids is 2. The average molecular weight is 364 g/mol. The van der Waals surface area contributed by atoms with Crippen molar-refractivity contribution >= 4 is 17.6 Å². The number of nitrogens with one attached hydrogen (secondary N) is 1. The molecule has 1 aliphatic rings. The SMILES string of the molecule is CCOC(=O)C1=C(Nc2ccccc2)CCN(C(=O)Cc2ccccc2)C1. The Kier molecular flexibility index (Phi) is 6.26. The van der Waals surface area contributed by atoms with E-state index in [1.165, 1.54) is 0 Å². The Morgan fingerprint density at radius 2 is 1.70 bits per heavy atom. The lowest BCUT2D eigenvalue weighted by Gasteiger charge is -2.30. The number of carbonyl (C=O) groups is 2. The highest BCUT2D eigenvalue weighted by atomic mass is 16.5. The highest BCUT2D eigenvalue weighted by Gasteiger charge is 2.27. The van der Waals surface area contributed by atoms with Crippen molar-refractivity contribution in [3.8, 4) is 0 Å². The maximum absolute atomic E-state index is 12.7. The molecule has 1 N–H and O–H groups in total. The van der Waals surface area contributed by atoms with Crippen LogP contribution in [0.1, 0.15) is 18.9 Å². The number of benzene rings is 2. The van der Waals surface area contributed by atoms with E-state index in [4.69, 9.17) is 4.74 Å². The molecule has 27 heavy (non-hydrogen) atoms. The second kappa shape index (κ2) is 9.03. The second-order valence-corrected chi connectivity index (χ2v) is 6.40. The highest BCUT2D eigenvalue weighted by molar-refractivity contribution is 5.92. The van der Waals surface area contributed by atoms with Crippen LogP contribution in [0.5, 0.6) is 0 Å². The molecule has 140 valence electrons. The molecule has 0 radical (unpaired) electrons. The maximum Gasteiger partial charge on any atom is 0.337 e. The molecule has 0 spiro atoms. The molecule has 0 saturated heterocycles. The summed E-state index contributed by atoms with van der Waals surface area (Å²) in [5.41, 5.74) is 3.23. The van der Waals surface area contributed by atoms with Gasteiger partial charge in [-0.2, -0.15) is 0 Å². The van der Waals surface area contributed by atoms with Crippen molar-refractivity contribution < 1.29 is 14.3 Å². The summed E-state index contributed by atoms with van der Waals surface area (Å²) < 4.78 is 5.22. The van der Waals surface area contributed by atoms with Gasteiger partial charge in [-0.3, -0.25) is 4.79 Å². The zero-order valence-corrected chi connectivity index (χ0v) is 15.5. The van der Waals surface area contributed by atoms with Crippen LogP contribution in [0, 0.1) is 0 Å². The zero-order chi connectivity index (χ0) is 19.1. The maximum atomic E-state index is 12.7. The molecule has 1 heterocycles. The molecule has 0 unspecified atom stereocenters. The van der Waals surface area contributed by atoms with Crippen molar-refractivity contribution in [3.63, 3.8) is 0 Å². The summed E-state index contributed by atoms with van der Waals surface area (Å²) in [6.45, 7) is 2.92. The van der Waals surface area contributed by atoms with E-state index < -0.39 is 0 Å². The number of hydrogen-bond donors (Lipinski definition) is 1. The number of esters is 1. The summed E-state index contributed by atoms with van der Waals surface area (Å²) in [7, 11) is 0. The quantitative estimate of drug-likeness (QED) is 0.798. The van der Waals surface area contributed by atoms with Crippen molar-refractivity contribution in [3.05, 3.63) is 77.5 Å². The van der Waals surface area contributed by atoms with Crippen molar-refractivity contribution in [2.24, 2.45) is 0 Å². The van der Waals surface area contributed by atoms with E-state index in [1.807, 2.05) is 60.7 Å². The van der Waals surface area contributed by atoms with Crippen LogP contribution in [0.2, 0.25) is 0 Å². The Morgan fingerprint density at radius 3 is 2.37 bits per heavy atom. The summed E-state index contributed by atoms with van der Waals surface area (Å²) in [5.74, 6) is -0.352. The molecular weight excluding hydrogens is 340 g/mol. The van der Waals surface area contributed by atoms with Gasteiger partial charge in [-0.1, -0.05) is 48.5 Å². The van der Waals surface area contributed by atoms with Gasteiger partial charge in [-0.05, 0) is 24.6 Å². The third-order valence-electron chi connectivity index (χ3n) is 4.49. The number of para-hydroxylation sites is 1. The lowest BCUT2D eigenvalue weighted by molar-refractivity contribution is -0.139. The smallest absolute Gasteiger partial charge is 0.337 e. The van der Waals surface area contributed by atoms with Gasteiger partial charge in [-0.15, -0.1) is 0 Å². The van der Waals surface area contributed by atoms with Crippen molar-refractivity contribution in [1.29, 1.82) is 0 Å². The zero-order valence-electron chi connectivity index (χ0n) is 15.5. The summed E-state index contributed by atoms with van der Waals surface area (Å²) in [6, 6.07) is 19.4. The summed E-state index contributed by atoms with van der Waals surface area (Å²) in [5, 5.41) is 3.32. The Balaban J connectivity index is 1.76. The van der Waals surface area contributed by atoms with Crippen LogP contribution in [0.15, 0.2) is 71.9 Å². The molecule has 0 aromatic heterocycles. The molecular formula is C22H24N2O3. The van der Waals surface area contributed by atoms with Crippen LogP contribution in [0.3, 0.4) is 0 Å². The Hall–Kier alpha value is -3.08. The molecule has 0 aliphatic carbocycles. The Morgan fingerprint density at radius 1 is 1.04 bits per heavy atom. The van der Waals surface area contributed by atoms with E-state index in [2.05, 4.69) is 5.32 Å². The number of ether oxygens (including phenoxy) is 1. The molecule has 2 aromatic rings. The number of nitrogens with zero attached hydrogens (tertiary/aromatic N) is 1. The Bertz CT molecular complexity index is 816. The van der Waals surface area contributed by atoms with E-state index in [0.29, 0.717) is 31.6 Å². The molecule has 0 saturated carbocycles. The molecule has 0 bridgehead atoms. The average Bonchev–Trinajstić information content (AvgIpc) is 2.70. The topological polar surface area (TPSA) is 58.6 Å². The van der Waals surface area contributed by atoms with E-state index >= 15 is 0 Å². The largest absolute Gasteiger partial charge is 0.463 e. The van der Waals surface area contributed by atoms with Crippen molar-refractivity contribution in [2.45, 2.75) is 19.8 Å². The third kappa shape index (κ3) is 4.97. The summed E-state index contributed by atoms with van der Waals surface area (Å²) >= 11 is 0. The van der Waals surface area contributed by atoms with E-state index in [9.17, 15) is 9.59 Å². The van der Waals surface area contributed by atoms with Crippen LogP contribution in [0.25, 0.3) is 0 Å². The molecule has 0 atom stereocenters. The third-order valence-corrected chi connectivity index (χ3v) is 4.49. The molecule has 5 nitrogen and oxygen atoms in total. The molecule has 1 amide bonds. The van der Waals surface area contributed by atoms with Crippen LogP contribution in [0.4, 0.5) is 5.69 Å². The van der Waals surface area contributed by atoms with Crippen LogP contribution in [-0.2, 0) is 20.7 Å². The minimum atomic E-state index is -0.367. The molecule has 2 aromatic carbocycles. The number of rotatable bonds is 6. The van der Waals surface area contributed by atoms with Crippen molar-refractivity contribution in [2.75, 3.05) is 25.0 Å². The van der Waals surface area contributed by atoms with E-state index in [0.717, 1.165) is 16.9 Å². The summed E-state index contributed by atoms with van der Waals surface area (Å²) in [4.78, 5) is 26.9. The van der Waals surface area contributed by atoms with Gasteiger partial charge in [0.15, 0.2) is 0 Å². The van der Waals surface area contributed by atoms with E-state index in [1.54, 1.807) is 11.8 Å².